The molecule has 0 bridgehead atoms. The molecular weight excluding hydrogens is 382 g/mol. The number of ether oxygens (including phenoxy) is 1. The van der Waals surface area contributed by atoms with Crippen LogP contribution in [0.4, 0.5) is 10.8 Å². The summed E-state index contributed by atoms with van der Waals surface area (Å²) in [6, 6.07) is 12.7. The van der Waals surface area contributed by atoms with Crippen molar-refractivity contribution < 1.29 is 19.2 Å². The minimum Gasteiger partial charge on any atom is -0.496 e. The van der Waals surface area contributed by atoms with E-state index < -0.39 is 10.8 Å². The average Bonchev–Trinajstić information content (AvgIpc) is 3.16. The number of ketones is 1. The number of carbonyl (C=O) groups excluding carboxylic acids is 2. The predicted octanol–water partition coefficient (Wildman–Crippen LogP) is 3.94. The molecule has 1 amide bonds. The number of rotatable bonds is 7. The fourth-order valence-corrected chi connectivity index (χ4v) is 3.26. The minimum atomic E-state index is -0.504. The fraction of sp³-hybridized carbons (Fsp3) is 0.105. The van der Waals surface area contributed by atoms with Gasteiger partial charge in [-0.15, -0.1) is 11.3 Å². The number of amides is 1. The van der Waals surface area contributed by atoms with Crippen molar-refractivity contribution in [3.63, 3.8) is 0 Å². The molecule has 0 saturated carbocycles. The lowest BCUT2D eigenvalue weighted by atomic mass is 10.1. The van der Waals surface area contributed by atoms with Gasteiger partial charge >= 0.3 is 0 Å². The maximum Gasteiger partial charge on any atom is 0.270 e. The minimum absolute atomic E-state index is 0.0431. The topological polar surface area (TPSA) is 111 Å². The summed E-state index contributed by atoms with van der Waals surface area (Å²) in [5, 5.41) is 15.5. The van der Waals surface area contributed by atoms with Gasteiger partial charge < -0.3 is 10.1 Å². The molecule has 0 fully saturated rings. The predicted molar refractivity (Wildman–Crippen MR) is 105 cm³/mol. The van der Waals surface area contributed by atoms with E-state index >= 15 is 0 Å². The molecule has 9 heteroatoms. The lowest BCUT2D eigenvalue weighted by Gasteiger charge is -2.06. The number of nitro groups is 1. The fourth-order valence-electron chi connectivity index (χ4n) is 2.52. The van der Waals surface area contributed by atoms with E-state index in [4.69, 9.17) is 4.74 Å². The number of anilines is 1. The van der Waals surface area contributed by atoms with E-state index in [1.165, 1.54) is 30.6 Å². The highest BCUT2D eigenvalue weighted by Crippen LogP contribution is 2.27. The Morgan fingerprint density at radius 1 is 1.21 bits per heavy atom. The van der Waals surface area contributed by atoms with Gasteiger partial charge in [-0.2, -0.15) is 0 Å². The Hall–Kier alpha value is -3.59. The van der Waals surface area contributed by atoms with E-state index in [1.54, 1.807) is 41.8 Å². The smallest absolute Gasteiger partial charge is 0.270 e. The van der Waals surface area contributed by atoms with Crippen LogP contribution in [0.1, 0.15) is 16.8 Å². The largest absolute Gasteiger partial charge is 0.496 e. The third kappa shape index (κ3) is 4.38. The van der Waals surface area contributed by atoms with Gasteiger partial charge in [0.1, 0.15) is 5.75 Å². The highest BCUT2D eigenvalue weighted by Gasteiger charge is 2.17. The molecule has 0 saturated heterocycles. The third-order valence-corrected chi connectivity index (χ3v) is 4.59. The zero-order valence-electron chi connectivity index (χ0n) is 14.7. The first-order valence-corrected chi connectivity index (χ1v) is 9.02. The Balaban J connectivity index is 1.68. The number of benzene rings is 2. The molecule has 0 aliphatic heterocycles. The standard InChI is InChI=1S/C19H15N3O5S/c1-27-17-8-3-2-7-14(17)16(23)10-18(24)21-19-20-15(11-28-19)12-5-4-6-13(9-12)22(25)26/h2-9,11H,10H2,1H3,(H,20,21,24). The van der Waals surface area contributed by atoms with Crippen LogP contribution < -0.4 is 10.1 Å². The molecule has 1 aromatic heterocycles. The number of methoxy groups -OCH3 is 1. The van der Waals surface area contributed by atoms with Crippen LogP contribution in [0.5, 0.6) is 5.75 Å². The summed E-state index contributed by atoms with van der Waals surface area (Å²) in [4.78, 5) is 39.2. The summed E-state index contributed by atoms with van der Waals surface area (Å²) in [7, 11) is 1.46. The summed E-state index contributed by atoms with van der Waals surface area (Å²) >= 11 is 1.17. The molecule has 142 valence electrons. The highest BCUT2D eigenvalue weighted by atomic mass is 32.1. The van der Waals surface area contributed by atoms with Gasteiger partial charge in [0.15, 0.2) is 10.9 Å². The maximum atomic E-state index is 12.3. The van der Waals surface area contributed by atoms with E-state index in [0.717, 1.165) is 0 Å². The number of hydrogen-bond acceptors (Lipinski definition) is 7. The summed E-state index contributed by atoms with van der Waals surface area (Å²) in [6.07, 6.45) is -0.355. The van der Waals surface area contributed by atoms with Crippen LogP contribution in [0.15, 0.2) is 53.9 Å². The van der Waals surface area contributed by atoms with Gasteiger partial charge in [0.2, 0.25) is 5.91 Å². The molecule has 0 radical (unpaired) electrons. The molecule has 1 heterocycles. The molecule has 3 aromatic rings. The van der Waals surface area contributed by atoms with Crippen molar-refractivity contribution >= 4 is 33.8 Å². The van der Waals surface area contributed by atoms with E-state index in [2.05, 4.69) is 10.3 Å². The van der Waals surface area contributed by atoms with Crippen LogP contribution in [0.2, 0.25) is 0 Å². The molecule has 0 aliphatic carbocycles. The van der Waals surface area contributed by atoms with Crippen LogP contribution >= 0.6 is 11.3 Å². The molecule has 1 N–H and O–H groups in total. The maximum absolute atomic E-state index is 12.3. The van der Waals surface area contributed by atoms with Crippen LogP contribution in [-0.2, 0) is 4.79 Å². The number of nitro benzene ring substituents is 1. The second kappa shape index (κ2) is 8.40. The van der Waals surface area contributed by atoms with Crippen molar-refractivity contribution in [2.75, 3.05) is 12.4 Å². The Morgan fingerprint density at radius 2 is 2.00 bits per heavy atom. The average molecular weight is 397 g/mol. The first-order valence-electron chi connectivity index (χ1n) is 8.14. The normalized spacial score (nSPS) is 10.3. The Bertz CT molecular complexity index is 1050. The number of aromatic nitrogens is 1. The summed E-state index contributed by atoms with van der Waals surface area (Å²) in [6.45, 7) is 0. The zero-order chi connectivity index (χ0) is 20.1. The monoisotopic (exact) mass is 397 g/mol. The number of Topliss-reactive ketones (excluding diaryl/α,β-unsaturated/α-hetero) is 1. The number of hydrogen-bond donors (Lipinski definition) is 1. The van der Waals surface area contributed by atoms with Crippen molar-refractivity contribution in [3.05, 3.63) is 69.6 Å². The van der Waals surface area contributed by atoms with Crippen LogP contribution in [0, 0.1) is 10.1 Å². The number of nitrogens with one attached hydrogen (secondary N) is 1. The molecule has 2 aromatic carbocycles. The molecule has 0 aliphatic rings. The van der Waals surface area contributed by atoms with Crippen molar-refractivity contribution in [3.8, 4) is 17.0 Å². The Kier molecular flexibility index (Phi) is 5.75. The lowest BCUT2D eigenvalue weighted by Crippen LogP contribution is -2.17. The number of thiazole rings is 1. The number of nitrogens with zero attached hydrogens (tertiary/aromatic N) is 2. The molecule has 0 unspecified atom stereocenters. The van der Waals surface area contributed by atoms with Gasteiger partial charge in [-0.3, -0.25) is 19.7 Å². The van der Waals surface area contributed by atoms with Gasteiger partial charge in [0.05, 0.1) is 29.7 Å². The molecular formula is C19H15N3O5S. The van der Waals surface area contributed by atoms with Crippen molar-refractivity contribution in [2.45, 2.75) is 6.42 Å². The van der Waals surface area contributed by atoms with Crippen LogP contribution in [0.3, 0.4) is 0 Å². The summed E-state index contributed by atoms with van der Waals surface area (Å²) in [5.74, 6) is -0.469. The van der Waals surface area contributed by atoms with Crippen LogP contribution in [-0.4, -0.2) is 28.7 Å². The number of para-hydroxylation sites is 1. The molecule has 28 heavy (non-hydrogen) atoms. The van der Waals surface area contributed by atoms with Crippen molar-refractivity contribution in [1.29, 1.82) is 0 Å². The van der Waals surface area contributed by atoms with E-state index in [9.17, 15) is 19.7 Å². The third-order valence-electron chi connectivity index (χ3n) is 3.83. The first-order chi connectivity index (χ1) is 13.5. The molecule has 8 nitrogen and oxygen atoms in total. The van der Waals surface area contributed by atoms with Crippen molar-refractivity contribution in [2.24, 2.45) is 0 Å². The second-order valence-electron chi connectivity index (χ2n) is 5.69. The second-order valence-corrected chi connectivity index (χ2v) is 6.55. The van der Waals surface area contributed by atoms with E-state index in [-0.39, 0.29) is 17.9 Å². The van der Waals surface area contributed by atoms with Gasteiger partial charge in [-0.25, -0.2) is 4.98 Å². The van der Waals surface area contributed by atoms with Gasteiger partial charge in [-0.05, 0) is 12.1 Å². The zero-order valence-corrected chi connectivity index (χ0v) is 15.6. The first kappa shape index (κ1) is 19.2. The lowest BCUT2D eigenvalue weighted by molar-refractivity contribution is -0.384. The summed E-state index contributed by atoms with van der Waals surface area (Å²) in [5.41, 5.74) is 1.35. The molecule has 0 atom stereocenters. The van der Waals surface area contributed by atoms with Crippen LogP contribution in [0.25, 0.3) is 11.3 Å². The summed E-state index contributed by atoms with van der Waals surface area (Å²) < 4.78 is 5.13. The molecule has 0 spiro atoms. The quantitative estimate of drug-likeness (QED) is 0.280. The van der Waals surface area contributed by atoms with Gasteiger partial charge in [0, 0.05) is 23.1 Å². The SMILES string of the molecule is COc1ccccc1C(=O)CC(=O)Nc1nc(-c2cccc([N+](=O)[O-])c2)cs1. The van der Waals surface area contributed by atoms with E-state index in [0.29, 0.717) is 27.7 Å². The van der Waals surface area contributed by atoms with E-state index in [1.807, 2.05) is 0 Å². The van der Waals surface area contributed by atoms with Gasteiger partial charge in [-0.1, -0.05) is 24.3 Å². The Labute approximate surface area is 164 Å². The Morgan fingerprint density at radius 3 is 2.75 bits per heavy atom. The number of carbonyl (C=O) groups is 2. The van der Waals surface area contributed by atoms with Crippen molar-refractivity contribution in [1.82, 2.24) is 4.98 Å². The van der Waals surface area contributed by atoms with Gasteiger partial charge in [0.25, 0.3) is 5.69 Å². The molecule has 3 rings (SSSR count). The highest BCUT2D eigenvalue weighted by molar-refractivity contribution is 7.14. The number of non-ortho nitro benzene ring substituents is 1.